The van der Waals surface area contributed by atoms with Gasteiger partial charge < -0.3 is 14.2 Å². The molecule has 2 heterocycles. The van der Waals surface area contributed by atoms with Crippen LogP contribution in [0.5, 0.6) is 0 Å². The third-order valence-corrected chi connectivity index (χ3v) is 3.80. The van der Waals surface area contributed by atoms with Crippen molar-refractivity contribution >= 4 is 27.8 Å². The molecule has 0 unspecified atom stereocenters. The molecule has 6 heteroatoms. The lowest BCUT2D eigenvalue weighted by Gasteiger charge is -2.16. The molecule has 1 aromatic rings. The van der Waals surface area contributed by atoms with Gasteiger partial charge in [0.25, 0.3) is 5.91 Å². The molecule has 0 N–H and O–H groups in total. The molecular weight excluding hydrogens is 324 g/mol. The number of hydrogen-bond acceptors (Lipinski definition) is 3. The van der Waals surface area contributed by atoms with Gasteiger partial charge >= 0.3 is 5.97 Å². The average Bonchev–Trinajstić information content (AvgIpc) is 3.04. The summed E-state index contributed by atoms with van der Waals surface area (Å²) < 4.78 is 7.78. The summed E-state index contributed by atoms with van der Waals surface area (Å²) in [6, 6.07) is 1.86. The minimum Gasteiger partial charge on any atom is -0.451 e. The first-order chi connectivity index (χ1) is 9.49. The van der Waals surface area contributed by atoms with Crippen LogP contribution in [0, 0.1) is 0 Å². The molecule has 0 radical (unpaired) electrons. The van der Waals surface area contributed by atoms with Gasteiger partial charge in [-0.15, -0.1) is 0 Å². The number of carbonyl (C=O) groups excluding carboxylic acids is 2. The Labute approximate surface area is 127 Å². The van der Waals surface area contributed by atoms with Crippen molar-refractivity contribution in [3.8, 4) is 0 Å². The molecule has 1 amide bonds. The molecule has 1 saturated heterocycles. The van der Waals surface area contributed by atoms with Gasteiger partial charge in [0.05, 0.1) is 0 Å². The predicted molar refractivity (Wildman–Crippen MR) is 78.6 cm³/mol. The van der Waals surface area contributed by atoms with E-state index in [0.29, 0.717) is 5.69 Å². The molecule has 2 rings (SSSR count). The molecule has 110 valence electrons. The summed E-state index contributed by atoms with van der Waals surface area (Å²) >= 11 is 3.35. The highest BCUT2D eigenvalue weighted by molar-refractivity contribution is 9.10. The monoisotopic (exact) mass is 342 g/mol. The summed E-state index contributed by atoms with van der Waals surface area (Å²) in [5.74, 6) is -0.575. The molecule has 1 aliphatic heterocycles. The van der Waals surface area contributed by atoms with Gasteiger partial charge in [-0.25, -0.2) is 4.79 Å². The highest BCUT2D eigenvalue weighted by Gasteiger charge is 2.21. The Kier molecular flexibility index (Phi) is 4.86. The fourth-order valence-electron chi connectivity index (χ4n) is 2.30. The molecule has 20 heavy (non-hydrogen) atoms. The van der Waals surface area contributed by atoms with Gasteiger partial charge in [0.2, 0.25) is 0 Å². The van der Waals surface area contributed by atoms with Crippen LogP contribution in [0.15, 0.2) is 16.7 Å². The largest absolute Gasteiger partial charge is 0.451 e. The number of amides is 1. The number of aromatic nitrogens is 1. The van der Waals surface area contributed by atoms with Crippen molar-refractivity contribution in [1.29, 1.82) is 0 Å². The topological polar surface area (TPSA) is 51.5 Å². The van der Waals surface area contributed by atoms with Crippen molar-refractivity contribution in [1.82, 2.24) is 9.47 Å². The first-order valence-electron chi connectivity index (χ1n) is 6.81. The molecule has 0 atom stereocenters. The second-order valence-electron chi connectivity index (χ2n) is 5.21. The van der Waals surface area contributed by atoms with Crippen LogP contribution in [0.1, 0.15) is 43.2 Å². The van der Waals surface area contributed by atoms with Gasteiger partial charge in [-0.2, -0.15) is 0 Å². The molecule has 1 fully saturated rings. The van der Waals surface area contributed by atoms with Crippen molar-refractivity contribution in [2.75, 3.05) is 19.7 Å². The van der Waals surface area contributed by atoms with Crippen LogP contribution < -0.4 is 0 Å². The molecule has 0 aromatic carbocycles. The number of rotatable bonds is 4. The Morgan fingerprint density at radius 2 is 2.00 bits per heavy atom. The Morgan fingerprint density at radius 3 is 2.60 bits per heavy atom. The zero-order valence-electron chi connectivity index (χ0n) is 11.8. The quantitative estimate of drug-likeness (QED) is 0.790. The van der Waals surface area contributed by atoms with Gasteiger partial charge in [0, 0.05) is 29.8 Å². The first-order valence-corrected chi connectivity index (χ1v) is 7.60. The van der Waals surface area contributed by atoms with E-state index in [1.165, 1.54) is 0 Å². The van der Waals surface area contributed by atoms with Gasteiger partial charge in [0.1, 0.15) is 5.69 Å². The van der Waals surface area contributed by atoms with E-state index in [-0.39, 0.29) is 18.6 Å². The summed E-state index contributed by atoms with van der Waals surface area (Å²) in [4.78, 5) is 25.6. The summed E-state index contributed by atoms with van der Waals surface area (Å²) in [5.41, 5.74) is 0.459. The van der Waals surface area contributed by atoms with E-state index in [2.05, 4.69) is 15.9 Å². The van der Waals surface area contributed by atoms with Crippen LogP contribution in [0.4, 0.5) is 0 Å². The Morgan fingerprint density at radius 1 is 1.35 bits per heavy atom. The van der Waals surface area contributed by atoms with Crippen molar-refractivity contribution in [2.24, 2.45) is 0 Å². The highest BCUT2D eigenvalue weighted by atomic mass is 79.9. The van der Waals surface area contributed by atoms with Crippen LogP contribution in [0.3, 0.4) is 0 Å². The smallest absolute Gasteiger partial charge is 0.355 e. The van der Waals surface area contributed by atoms with E-state index < -0.39 is 5.97 Å². The standard InChI is InChI=1S/C14H19BrN2O3/c1-10(2)17-8-11(15)7-12(17)14(19)20-9-13(18)16-5-3-4-6-16/h7-8,10H,3-6,9H2,1-2H3. The van der Waals surface area contributed by atoms with E-state index in [4.69, 9.17) is 4.74 Å². The third kappa shape index (κ3) is 3.42. The van der Waals surface area contributed by atoms with Crippen LogP contribution in [-0.4, -0.2) is 41.0 Å². The summed E-state index contributed by atoms with van der Waals surface area (Å²) in [7, 11) is 0. The zero-order chi connectivity index (χ0) is 14.7. The number of nitrogens with zero attached hydrogens (tertiary/aromatic N) is 2. The third-order valence-electron chi connectivity index (χ3n) is 3.37. The lowest BCUT2D eigenvalue weighted by Crippen LogP contribution is -2.32. The van der Waals surface area contributed by atoms with Gasteiger partial charge in [-0.3, -0.25) is 4.79 Å². The SMILES string of the molecule is CC(C)n1cc(Br)cc1C(=O)OCC(=O)N1CCCC1. The predicted octanol–water partition coefficient (Wildman–Crippen LogP) is 2.61. The van der Waals surface area contributed by atoms with Gasteiger partial charge in [-0.1, -0.05) is 0 Å². The molecule has 0 aliphatic carbocycles. The van der Waals surface area contributed by atoms with E-state index in [0.717, 1.165) is 30.4 Å². The molecule has 0 spiro atoms. The number of ether oxygens (including phenoxy) is 1. The minimum atomic E-state index is -0.461. The molecule has 5 nitrogen and oxygen atoms in total. The van der Waals surface area contributed by atoms with Crippen molar-refractivity contribution in [3.63, 3.8) is 0 Å². The van der Waals surface area contributed by atoms with Crippen LogP contribution >= 0.6 is 15.9 Å². The number of halogens is 1. The number of hydrogen-bond donors (Lipinski definition) is 0. The van der Waals surface area contributed by atoms with Crippen molar-refractivity contribution < 1.29 is 14.3 Å². The zero-order valence-corrected chi connectivity index (χ0v) is 13.4. The number of esters is 1. The maximum atomic E-state index is 12.1. The summed E-state index contributed by atoms with van der Waals surface area (Å²) in [6.07, 6.45) is 3.90. The Bertz CT molecular complexity index is 505. The maximum Gasteiger partial charge on any atom is 0.355 e. The fraction of sp³-hybridized carbons (Fsp3) is 0.571. The summed E-state index contributed by atoms with van der Waals surface area (Å²) in [6.45, 7) is 5.32. The highest BCUT2D eigenvalue weighted by Crippen LogP contribution is 2.20. The van der Waals surface area contributed by atoms with Crippen molar-refractivity contribution in [2.45, 2.75) is 32.7 Å². The Hall–Kier alpha value is -1.30. The molecule has 1 aliphatic rings. The lowest BCUT2D eigenvalue weighted by atomic mass is 10.3. The second kappa shape index (κ2) is 6.43. The van der Waals surface area contributed by atoms with Crippen LogP contribution in [0.2, 0.25) is 0 Å². The van der Waals surface area contributed by atoms with E-state index in [1.54, 1.807) is 11.0 Å². The van der Waals surface area contributed by atoms with Crippen LogP contribution in [-0.2, 0) is 9.53 Å². The normalized spacial score (nSPS) is 14.9. The first kappa shape index (κ1) is 15.1. The average molecular weight is 343 g/mol. The molecule has 1 aromatic heterocycles. The molecular formula is C14H19BrN2O3. The van der Waals surface area contributed by atoms with E-state index in [1.807, 2.05) is 24.6 Å². The Balaban J connectivity index is 1.96. The molecule has 0 bridgehead atoms. The van der Waals surface area contributed by atoms with Gasteiger partial charge in [-0.05, 0) is 48.7 Å². The fourth-order valence-corrected chi connectivity index (χ4v) is 2.73. The van der Waals surface area contributed by atoms with E-state index in [9.17, 15) is 9.59 Å². The summed E-state index contributed by atoms with van der Waals surface area (Å²) in [5, 5.41) is 0. The van der Waals surface area contributed by atoms with Crippen LogP contribution in [0.25, 0.3) is 0 Å². The van der Waals surface area contributed by atoms with Crippen molar-refractivity contribution in [3.05, 3.63) is 22.4 Å². The number of likely N-dealkylation sites (tertiary alicyclic amines) is 1. The lowest BCUT2D eigenvalue weighted by molar-refractivity contribution is -0.133. The van der Waals surface area contributed by atoms with Gasteiger partial charge in [0.15, 0.2) is 6.61 Å². The number of carbonyl (C=O) groups is 2. The molecule has 0 saturated carbocycles. The maximum absolute atomic E-state index is 12.1. The van der Waals surface area contributed by atoms with E-state index >= 15 is 0 Å². The second-order valence-corrected chi connectivity index (χ2v) is 6.12. The minimum absolute atomic E-state index is 0.113.